The Labute approximate surface area is 156 Å². The molecular weight excluding hydrogens is 344 g/mol. The zero-order valence-corrected chi connectivity index (χ0v) is 16.6. The molecule has 2 aromatic carbocycles. The van der Waals surface area contributed by atoms with Crippen LogP contribution in [0.4, 0.5) is 5.69 Å². The van der Waals surface area contributed by atoms with E-state index in [1.807, 2.05) is 10.3 Å². The van der Waals surface area contributed by atoms with Crippen LogP contribution in [0.5, 0.6) is 0 Å². The van der Waals surface area contributed by atoms with Gasteiger partial charge in [0.05, 0.1) is 16.5 Å². The Bertz CT molecular complexity index is 981. The minimum absolute atomic E-state index is 0.0670. The van der Waals surface area contributed by atoms with Crippen LogP contribution < -0.4 is 9.99 Å². The van der Waals surface area contributed by atoms with Gasteiger partial charge >= 0.3 is 0 Å². The van der Waals surface area contributed by atoms with Crippen molar-refractivity contribution in [2.45, 2.75) is 39.3 Å². The van der Waals surface area contributed by atoms with E-state index in [0.29, 0.717) is 0 Å². The summed E-state index contributed by atoms with van der Waals surface area (Å²) in [5.41, 5.74) is 6.28. The summed E-state index contributed by atoms with van der Waals surface area (Å²) < 4.78 is 1.15. The lowest BCUT2D eigenvalue weighted by Gasteiger charge is -2.33. The molecule has 25 heavy (non-hydrogen) atoms. The predicted octanol–water partition coefficient (Wildman–Crippen LogP) is 6.11. The van der Waals surface area contributed by atoms with Gasteiger partial charge in [0, 0.05) is 16.8 Å². The molecule has 1 atom stereocenters. The number of hydrogen-bond acceptors (Lipinski definition) is 4. The number of hydrogen-bond donors (Lipinski definition) is 1. The fourth-order valence-corrected chi connectivity index (χ4v) is 6.36. The SMILES string of the molecule is Cc1ccc2c(c1)-c1c(ssc1=NC(C)c1ccccc1)C(C)(C)N2. The van der Waals surface area contributed by atoms with Crippen LogP contribution in [0.1, 0.15) is 42.8 Å². The fourth-order valence-electron chi connectivity index (χ4n) is 3.35. The van der Waals surface area contributed by atoms with Gasteiger partial charge in [0.1, 0.15) is 4.67 Å². The second-order valence-corrected chi connectivity index (χ2v) is 9.32. The maximum Gasteiger partial charge on any atom is 0.130 e. The standard InChI is InChI=1S/C21H22N2S2/c1-13-10-11-17-16(12-13)18-19(21(3,4)23-17)24-25-20(18)22-14(2)15-8-6-5-7-9-15/h5-12,14,23H,1-4H3. The number of nitrogens with zero attached hydrogens (tertiary/aromatic N) is 1. The molecule has 3 aromatic rings. The summed E-state index contributed by atoms with van der Waals surface area (Å²) >= 11 is 0. The third-order valence-electron chi connectivity index (χ3n) is 4.70. The summed E-state index contributed by atoms with van der Waals surface area (Å²) in [5, 5.41) is 3.69. The predicted molar refractivity (Wildman–Crippen MR) is 109 cm³/mol. The third-order valence-corrected chi connectivity index (χ3v) is 7.35. The van der Waals surface area contributed by atoms with E-state index in [1.165, 1.54) is 32.8 Å². The molecule has 4 rings (SSSR count). The fraction of sp³-hybridized carbons (Fsp3) is 0.286. The molecular formula is C21H22N2S2. The average Bonchev–Trinajstić information content (AvgIpc) is 3.01. The summed E-state index contributed by atoms with van der Waals surface area (Å²) in [6.07, 6.45) is 0. The quantitative estimate of drug-likeness (QED) is 0.544. The third kappa shape index (κ3) is 2.94. The normalized spacial score (nSPS) is 16.7. The lowest BCUT2D eigenvalue weighted by molar-refractivity contribution is 0.619. The largest absolute Gasteiger partial charge is 0.375 e. The van der Waals surface area contributed by atoms with Crippen molar-refractivity contribution in [3.63, 3.8) is 0 Å². The summed E-state index contributed by atoms with van der Waals surface area (Å²) in [7, 11) is 3.65. The van der Waals surface area contributed by atoms with Crippen LogP contribution in [0.15, 0.2) is 53.5 Å². The van der Waals surface area contributed by atoms with Crippen molar-refractivity contribution in [1.29, 1.82) is 0 Å². The van der Waals surface area contributed by atoms with Crippen molar-refractivity contribution in [2.75, 3.05) is 5.32 Å². The molecule has 4 heteroatoms. The lowest BCUT2D eigenvalue weighted by atomic mass is 9.89. The Morgan fingerprint density at radius 3 is 2.56 bits per heavy atom. The van der Waals surface area contributed by atoms with E-state index in [4.69, 9.17) is 4.99 Å². The Kier molecular flexibility index (Phi) is 4.05. The van der Waals surface area contributed by atoms with Crippen molar-refractivity contribution in [1.82, 2.24) is 0 Å². The molecule has 0 aliphatic carbocycles. The van der Waals surface area contributed by atoms with Gasteiger partial charge in [-0.05, 0) is 45.4 Å². The zero-order chi connectivity index (χ0) is 17.6. The van der Waals surface area contributed by atoms with E-state index >= 15 is 0 Å². The van der Waals surface area contributed by atoms with Gasteiger partial charge in [-0.1, -0.05) is 62.6 Å². The number of benzene rings is 2. The van der Waals surface area contributed by atoms with Crippen LogP contribution in [0.3, 0.4) is 0 Å². The van der Waals surface area contributed by atoms with Crippen molar-refractivity contribution >= 4 is 26.4 Å². The molecule has 2 heterocycles. The maximum absolute atomic E-state index is 5.10. The van der Waals surface area contributed by atoms with Crippen LogP contribution in [0, 0.1) is 6.92 Å². The highest BCUT2D eigenvalue weighted by Crippen LogP contribution is 2.45. The van der Waals surface area contributed by atoms with E-state index in [1.54, 1.807) is 10.3 Å². The number of aryl methyl sites for hydroxylation is 1. The van der Waals surface area contributed by atoms with Gasteiger partial charge in [0.2, 0.25) is 0 Å². The second kappa shape index (κ2) is 6.11. The van der Waals surface area contributed by atoms with Crippen LogP contribution >= 0.6 is 20.7 Å². The highest BCUT2D eigenvalue weighted by molar-refractivity contribution is 7.68. The van der Waals surface area contributed by atoms with Gasteiger partial charge in [-0.3, -0.25) is 4.99 Å². The van der Waals surface area contributed by atoms with E-state index in [-0.39, 0.29) is 11.6 Å². The molecule has 128 valence electrons. The van der Waals surface area contributed by atoms with Gasteiger partial charge in [0.25, 0.3) is 0 Å². The minimum Gasteiger partial charge on any atom is -0.375 e. The number of rotatable bonds is 2. The Balaban J connectivity index is 1.91. The van der Waals surface area contributed by atoms with Crippen molar-refractivity contribution in [3.05, 3.63) is 69.2 Å². The molecule has 1 aliphatic heterocycles. The Morgan fingerprint density at radius 1 is 1.04 bits per heavy atom. The van der Waals surface area contributed by atoms with E-state index in [2.05, 4.69) is 81.5 Å². The van der Waals surface area contributed by atoms with Crippen LogP contribution in [0.25, 0.3) is 11.1 Å². The smallest absolute Gasteiger partial charge is 0.130 e. The summed E-state index contributed by atoms with van der Waals surface area (Å²) in [6.45, 7) is 8.83. The van der Waals surface area contributed by atoms with Gasteiger partial charge in [0.15, 0.2) is 0 Å². The molecule has 0 radical (unpaired) electrons. The second-order valence-electron chi connectivity index (χ2n) is 7.19. The lowest BCUT2D eigenvalue weighted by Crippen LogP contribution is -2.31. The summed E-state index contributed by atoms with van der Waals surface area (Å²) in [5.74, 6) is 0. The molecule has 1 aliphatic rings. The van der Waals surface area contributed by atoms with E-state index in [9.17, 15) is 0 Å². The van der Waals surface area contributed by atoms with Crippen LogP contribution in [-0.2, 0) is 5.54 Å². The monoisotopic (exact) mass is 366 g/mol. The molecule has 1 aromatic heterocycles. The molecule has 2 nitrogen and oxygen atoms in total. The van der Waals surface area contributed by atoms with Gasteiger partial charge in [-0.2, -0.15) is 0 Å². The molecule has 0 saturated heterocycles. The molecule has 0 saturated carbocycles. The van der Waals surface area contributed by atoms with Crippen molar-refractivity contribution in [2.24, 2.45) is 4.99 Å². The topological polar surface area (TPSA) is 24.4 Å². The van der Waals surface area contributed by atoms with Crippen LogP contribution in [-0.4, -0.2) is 0 Å². The first-order valence-corrected chi connectivity index (χ1v) is 10.7. The maximum atomic E-state index is 5.10. The van der Waals surface area contributed by atoms with Crippen LogP contribution in [0.2, 0.25) is 0 Å². The first kappa shape index (κ1) is 16.6. The molecule has 0 bridgehead atoms. The Hall–Kier alpha value is -1.91. The Morgan fingerprint density at radius 2 is 1.80 bits per heavy atom. The first-order valence-electron chi connectivity index (χ1n) is 8.57. The van der Waals surface area contributed by atoms with Gasteiger partial charge in [-0.15, -0.1) is 0 Å². The molecule has 1 N–H and O–H groups in total. The molecule has 0 amide bonds. The minimum atomic E-state index is -0.0670. The van der Waals surface area contributed by atoms with Crippen molar-refractivity contribution < 1.29 is 0 Å². The van der Waals surface area contributed by atoms with Gasteiger partial charge in [-0.25, -0.2) is 0 Å². The number of fused-ring (bicyclic) bond motifs is 3. The van der Waals surface area contributed by atoms with E-state index in [0.717, 1.165) is 4.67 Å². The zero-order valence-electron chi connectivity index (χ0n) is 15.0. The molecule has 0 fully saturated rings. The van der Waals surface area contributed by atoms with Crippen molar-refractivity contribution in [3.8, 4) is 11.1 Å². The highest BCUT2D eigenvalue weighted by atomic mass is 32.9. The number of nitrogens with one attached hydrogen (secondary N) is 1. The van der Waals surface area contributed by atoms with Gasteiger partial charge < -0.3 is 5.32 Å². The summed E-state index contributed by atoms with van der Waals surface area (Å²) in [6, 6.07) is 17.3. The summed E-state index contributed by atoms with van der Waals surface area (Å²) in [4.78, 5) is 6.48. The van der Waals surface area contributed by atoms with E-state index < -0.39 is 0 Å². The first-order chi connectivity index (χ1) is 12.0. The average molecular weight is 367 g/mol. The number of anilines is 1. The highest BCUT2D eigenvalue weighted by Gasteiger charge is 2.33. The molecule has 1 unspecified atom stereocenters. The molecule has 0 spiro atoms.